The van der Waals surface area contributed by atoms with Crippen LogP contribution in [0.4, 0.5) is 5.82 Å². The van der Waals surface area contributed by atoms with E-state index >= 15 is 0 Å². The molecular formula is C19H20N4O2. The van der Waals surface area contributed by atoms with E-state index in [9.17, 15) is 4.79 Å². The number of nitrogens with zero attached hydrogens (tertiary/aromatic N) is 3. The fourth-order valence-corrected chi connectivity index (χ4v) is 3.41. The molecule has 1 aromatic carbocycles. The van der Waals surface area contributed by atoms with Gasteiger partial charge < -0.3 is 14.6 Å². The molecule has 1 saturated heterocycles. The highest BCUT2D eigenvalue weighted by Crippen LogP contribution is 2.33. The number of anilines is 1. The van der Waals surface area contributed by atoms with Gasteiger partial charge in [0.2, 0.25) is 5.91 Å². The summed E-state index contributed by atoms with van der Waals surface area (Å²) in [5.74, 6) is 0.964. The van der Waals surface area contributed by atoms with E-state index in [1.165, 1.54) is 0 Å². The molecule has 25 heavy (non-hydrogen) atoms. The molecular weight excluding hydrogens is 316 g/mol. The zero-order valence-corrected chi connectivity index (χ0v) is 13.9. The Labute approximate surface area is 145 Å². The van der Waals surface area contributed by atoms with Crippen molar-refractivity contribution in [2.24, 2.45) is 5.92 Å². The lowest BCUT2D eigenvalue weighted by Gasteiger charge is -2.31. The second-order valence-corrected chi connectivity index (χ2v) is 6.27. The van der Waals surface area contributed by atoms with Crippen LogP contribution in [-0.2, 0) is 4.79 Å². The third kappa shape index (κ3) is 2.84. The molecule has 1 N–H and O–H groups in total. The summed E-state index contributed by atoms with van der Waals surface area (Å²) in [5, 5.41) is 3.88. The minimum atomic E-state index is 0.0456. The van der Waals surface area contributed by atoms with Gasteiger partial charge in [-0.1, -0.05) is 18.2 Å². The highest BCUT2D eigenvalue weighted by atomic mass is 16.3. The topological polar surface area (TPSA) is 71.3 Å². The van der Waals surface area contributed by atoms with E-state index < -0.39 is 0 Å². The van der Waals surface area contributed by atoms with Crippen LogP contribution >= 0.6 is 0 Å². The first-order chi connectivity index (χ1) is 12.3. The van der Waals surface area contributed by atoms with E-state index in [-0.39, 0.29) is 11.8 Å². The summed E-state index contributed by atoms with van der Waals surface area (Å²) in [7, 11) is 0. The van der Waals surface area contributed by atoms with Gasteiger partial charge in [0.25, 0.3) is 0 Å². The summed E-state index contributed by atoms with van der Waals surface area (Å²) in [4.78, 5) is 23.1. The minimum Gasteiger partial charge on any atom is -0.450 e. The van der Waals surface area contributed by atoms with Crippen molar-refractivity contribution in [3.05, 3.63) is 43.2 Å². The van der Waals surface area contributed by atoms with E-state index in [1.807, 2.05) is 24.3 Å². The van der Waals surface area contributed by atoms with Gasteiger partial charge in [-0.25, -0.2) is 9.97 Å². The maximum Gasteiger partial charge on any atom is 0.223 e. The SMILES string of the molecule is C=CCNC(=O)C1CCN(c2ncnc3c2oc2ccccc23)CC1. The Morgan fingerprint density at radius 3 is 2.92 bits per heavy atom. The Balaban J connectivity index is 1.57. The van der Waals surface area contributed by atoms with Crippen LogP contribution in [-0.4, -0.2) is 35.5 Å². The number of para-hydroxylation sites is 1. The van der Waals surface area contributed by atoms with Crippen molar-refractivity contribution in [1.29, 1.82) is 0 Å². The van der Waals surface area contributed by atoms with Crippen LogP contribution in [0.25, 0.3) is 22.1 Å². The van der Waals surface area contributed by atoms with Gasteiger partial charge >= 0.3 is 0 Å². The number of carbonyl (C=O) groups excluding carboxylic acids is 1. The maximum atomic E-state index is 12.1. The number of carbonyl (C=O) groups is 1. The van der Waals surface area contributed by atoms with E-state index in [2.05, 4.69) is 26.8 Å². The van der Waals surface area contributed by atoms with Crippen molar-refractivity contribution in [2.75, 3.05) is 24.5 Å². The lowest BCUT2D eigenvalue weighted by Crippen LogP contribution is -2.41. The molecule has 1 aliphatic rings. The van der Waals surface area contributed by atoms with Crippen molar-refractivity contribution in [2.45, 2.75) is 12.8 Å². The van der Waals surface area contributed by atoms with Crippen LogP contribution in [0, 0.1) is 5.92 Å². The Kier molecular flexibility index (Phi) is 4.09. The summed E-state index contributed by atoms with van der Waals surface area (Å²) in [6.07, 6.45) is 4.89. The molecule has 1 fully saturated rings. The summed E-state index contributed by atoms with van der Waals surface area (Å²) in [5.41, 5.74) is 2.38. The highest BCUT2D eigenvalue weighted by molar-refractivity contribution is 6.05. The number of aromatic nitrogens is 2. The first kappa shape index (κ1) is 15.6. The van der Waals surface area contributed by atoms with Crippen molar-refractivity contribution < 1.29 is 9.21 Å². The van der Waals surface area contributed by atoms with E-state index in [4.69, 9.17) is 4.42 Å². The molecule has 4 rings (SSSR count). The van der Waals surface area contributed by atoms with Crippen LogP contribution in [0.3, 0.4) is 0 Å². The standard InChI is InChI=1S/C19H20N4O2/c1-2-9-20-19(24)13-7-10-23(11-8-13)18-17-16(21-12-22-18)14-5-3-4-6-15(14)25-17/h2-6,12-13H,1,7-11H2,(H,20,24). The Morgan fingerprint density at radius 1 is 1.32 bits per heavy atom. The summed E-state index contributed by atoms with van der Waals surface area (Å²) < 4.78 is 6.01. The van der Waals surface area contributed by atoms with Crippen LogP contribution in [0.1, 0.15) is 12.8 Å². The lowest BCUT2D eigenvalue weighted by molar-refractivity contribution is -0.125. The molecule has 0 bridgehead atoms. The smallest absolute Gasteiger partial charge is 0.223 e. The molecule has 0 radical (unpaired) electrons. The van der Waals surface area contributed by atoms with Crippen LogP contribution in [0.5, 0.6) is 0 Å². The first-order valence-corrected chi connectivity index (χ1v) is 8.53. The molecule has 2 aromatic heterocycles. The predicted molar refractivity (Wildman–Crippen MR) is 97.5 cm³/mol. The molecule has 1 aliphatic heterocycles. The van der Waals surface area contributed by atoms with Crippen molar-refractivity contribution in [1.82, 2.24) is 15.3 Å². The molecule has 0 atom stereocenters. The Bertz CT molecular complexity index is 925. The van der Waals surface area contributed by atoms with Crippen molar-refractivity contribution in [3.8, 4) is 0 Å². The van der Waals surface area contributed by atoms with E-state index in [0.29, 0.717) is 6.54 Å². The monoisotopic (exact) mass is 336 g/mol. The Hall–Kier alpha value is -2.89. The number of amides is 1. The number of hydrogen-bond acceptors (Lipinski definition) is 5. The molecule has 6 heteroatoms. The van der Waals surface area contributed by atoms with E-state index in [1.54, 1.807) is 12.4 Å². The molecule has 6 nitrogen and oxygen atoms in total. The quantitative estimate of drug-likeness (QED) is 0.742. The zero-order valence-electron chi connectivity index (χ0n) is 13.9. The second kappa shape index (κ2) is 6.55. The summed E-state index contributed by atoms with van der Waals surface area (Å²) in [6.45, 7) is 5.69. The molecule has 0 unspecified atom stereocenters. The number of hydrogen-bond donors (Lipinski definition) is 1. The number of rotatable bonds is 4. The van der Waals surface area contributed by atoms with Gasteiger partial charge in [0.05, 0.1) is 0 Å². The molecule has 0 aliphatic carbocycles. The Morgan fingerprint density at radius 2 is 2.12 bits per heavy atom. The average Bonchev–Trinajstić information content (AvgIpc) is 3.05. The summed E-state index contributed by atoms with van der Waals surface area (Å²) >= 11 is 0. The fourth-order valence-electron chi connectivity index (χ4n) is 3.41. The van der Waals surface area contributed by atoms with Crippen LogP contribution in [0.2, 0.25) is 0 Å². The molecule has 3 heterocycles. The van der Waals surface area contributed by atoms with Gasteiger partial charge in [-0.05, 0) is 25.0 Å². The maximum absolute atomic E-state index is 12.1. The van der Waals surface area contributed by atoms with Gasteiger partial charge in [0.1, 0.15) is 17.4 Å². The van der Waals surface area contributed by atoms with Gasteiger partial charge in [-0.2, -0.15) is 0 Å². The molecule has 0 spiro atoms. The number of furan rings is 1. The molecule has 128 valence electrons. The van der Waals surface area contributed by atoms with Gasteiger partial charge in [-0.3, -0.25) is 4.79 Å². The number of piperidine rings is 1. The van der Waals surface area contributed by atoms with Crippen LogP contribution in [0.15, 0.2) is 47.7 Å². The highest BCUT2D eigenvalue weighted by Gasteiger charge is 2.27. The van der Waals surface area contributed by atoms with Gasteiger partial charge in [0.15, 0.2) is 11.4 Å². The van der Waals surface area contributed by atoms with Gasteiger partial charge in [0, 0.05) is 30.9 Å². The zero-order chi connectivity index (χ0) is 17.2. The third-order valence-corrected chi connectivity index (χ3v) is 4.73. The van der Waals surface area contributed by atoms with Crippen molar-refractivity contribution in [3.63, 3.8) is 0 Å². The summed E-state index contributed by atoms with van der Waals surface area (Å²) in [6, 6.07) is 7.88. The normalized spacial score (nSPS) is 15.6. The van der Waals surface area contributed by atoms with Crippen LogP contribution < -0.4 is 10.2 Å². The molecule has 0 saturated carbocycles. The van der Waals surface area contributed by atoms with Gasteiger partial charge in [-0.15, -0.1) is 6.58 Å². The van der Waals surface area contributed by atoms with E-state index in [0.717, 1.165) is 53.8 Å². The number of fused-ring (bicyclic) bond motifs is 3. The minimum absolute atomic E-state index is 0.0456. The molecule has 3 aromatic rings. The lowest BCUT2D eigenvalue weighted by atomic mass is 9.96. The largest absolute Gasteiger partial charge is 0.450 e. The number of benzene rings is 1. The average molecular weight is 336 g/mol. The van der Waals surface area contributed by atoms with Crippen molar-refractivity contribution >= 4 is 33.8 Å². The number of nitrogens with one attached hydrogen (secondary N) is 1. The second-order valence-electron chi connectivity index (χ2n) is 6.27. The first-order valence-electron chi connectivity index (χ1n) is 8.53. The third-order valence-electron chi connectivity index (χ3n) is 4.73. The molecule has 1 amide bonds. The predicted octanol–water partition coefficient (Wildman–Crippen LogP) is 2.89. The fraction of sp³-hybridized carbons (Fsp3) is 0.316.